The standard InChI is InChI=1S/C24H24F3NO4S2/c1-31-22(29)16-7-8-20-19(13-16)23(9-11-33-12-10-23)21(15-5-6-15)28(20)34(30)18-4-2-3-17(14-18)32-24(25,26)27/h2-4,7-8,13-15,21H,5-6,9-12H2,1H3. The average Bonchev–Trinajstić information content (AvgIpc) is 3.62. The maximum Gasteiger partial charge on any atom is 0.573 e. The van der Waals surface area contributed by atoms with Crippen molar-refractivity contribution < 1.29 is 31.6 Å². The van der Waals surface area contributed by atoms with Crippen molar-refractivity contribution in [2.45, 2.75) is 48.4 Å². The number of fused-ring (bicyclic) bond motifs is 2. The number of hydrogen-bond donors (Lipinski definition) is 0. The molecular formula is C24H24F3NO4S2. The number of methoxy groups -OCH3 is 1. The van der Waals surface area contributed by atoms with E-state index in [0.717, 1.165) is 48.4 Å². The monoisotopic (exact) mass is 511 g/mol. The number of halogens is 3. The maximum absolute atomic E-state index is 14.0. The molecule has 10 heteroatoms. The lowest BCUT2D eigenvalue weighted by molar-refractivity contribution is -0.274. The molecule has 2 aliphatic heterocycles. The zero-order chi connectivity index (χ0) is 24.1. The molecule has 1 saturated heterocycles. The highest BCUT2D eigenvalue weighted by Gasteiger charge is 2.58. The lowest BCUT2D eigenvalue weighted by atomic mass is 9.70. The van der Waals surface area contributed by atoms with Gasteiger partial charge in [0, 0.05) is 5.41 Å². The Morgan fingerprint density at radius 1 is 1.15 bits per heavy atom. The minimum Gasteiger partial charge on any atom is -0.465 e. The molecule has 2 aromatic carbocycles. The highest BCUT2D eigenvalue weighted by Crippen LogP contribution is 2.59. The fourth-order valence-corrected chi connectivity index (χ4v) is 8.13. The first-order valence-corrected chi connectivity index (χ1v) is 13.4. The number of alkyl halides is 3. The summed E-state index contributed by atoms with van der Waals surface area (Å²) in [4.78, 5) is 12.5. The van der Waals surface area contributed by atoms with E-state index in [4.69, 9.17) is 4.74 Å². The number of carbonyl (C=O) groups excluding carboxylic acids is 1. The first-order valence-electron chi connectivity index (χ1n) is 11.1. The number of anilines is 1. The number of esters is 1. The molecule has 2 aromatic rings. The number of carbonyl (C=O) groups is 1. The fraction of sp³-hybridized carbons (Fsp3) is 0.458. The fourth-order valence-electron chi connectivity index (χ4n) is 5.35. The zero-order valence-corrected chi connectivity index (χ0v) is 20.1. The minimum atomic E-state index is -4.83. The smallest absolute Gasteiger partial charge is 0.465 e. The first-order chi connectivity index (χ1) is 16.2. The van der Waals surface area contributed by atoms with Gasteiger partial charge in [0.05, 0.1) is 29.3 Å². The van der Waals surface area contributed by atoms with E-state index in [1.807, 2.05) is 22.1 Å². The maximum atomic E-state index is 14.0. The molecule has 0 amide bonds. The Morgan fingerprint density at radius 3 is 2.53 bits per heavy atom. The van der Waals surface area contributed by atoms with E-state index < -0.39 is 29.1 Å². The van der Waals surface area contributed by atoms with Gasteiger partial charge in [-0.25, -0.2) is 9.00 Å². The van der Waals surface area contributed by atoms with Crippen LogP contribution in [-0.2, 0) is 21.1 Å². The zero-order valence-electron chi connectivity index (χ0n) is 18.5. The molecule has 5 nitrogen and oxygen atoms in total. The molecule has 3 aliphatic rings. The van der Waals surface area contributed by atoms with Gasteiger partial charge in [-0.15, -0.1) is 13.2 Å². The second-order valence-corrected chi connectivity index (χ2v) is 11.5. The lowest BCUT2D eigenvalue weighted by Crippen LogP contribution is -2.49. The van der Waals surface area contributed by atoms with Crippen LogP contribution in [-0.4, -0.2) is 41.2 Å². The van der Waals surface area contributed by atoms with Crippen molar-refractivity contribution >= 4 is 34.4 Å². The van der Waals surface area contributed by atoms with Crippen LogP contribution in [0.5, 0.6) is 5.75 Å². The van der Waals surface area contributed by atoms with E-state index in [-0.39, 0.29) is 16.4 Å². The molecule has 2 fully saturated rings. The van der Waals surface area contributed by atoms with Gasteiger partial charge >= 0.3 is 12.3 Å². The first kappa shape index (κ1) is 23.5. The molecule has 182 valence electrons. The van der Waals surface area contributed by atoms with E-state index in [0.29, 0.717) is 11.5 Å². The van der Waals surface area contributed by atoms with Crippen molar-refractivity contribution in [1.82, 2.24) is 0 Å². The molecule has 5 rings (SSSR count). The summed E-state index contributed by atoms with van der Waals surface area (Å²) >= 11 is 1.88. The van der Waals surface area contributed by atoms with Gasteiger partial charge in [0.1, 0.15) is 5.75 Å². The third-order valence-corrected chi connectivity index (χ3v) is 9.31. The normalized spacial score (nSPS) is 22.4. The predicted molar refractivity (Wildman–Crippen MR) is 125 cm³/mol. The van der Waals surface area contributed by atoms with Crippen molar-refractivity contribution in [2.75, 3.05) is 22.9 Å². The van der Waals surface area contributed by atoms with E-state index >= 15 is 0 Å². The summed E-state index contributed by atoms with van der Waals surface area (Å²) in [5, 5.41) is 0. The SMILES string of the molecule is COC(=O)c1ccc2c(c1)C1(CCSCC1)C(C1CC1)N2S(=O)c1cccc(OC(F)(F)F)c1. The van der Waals surface area contributed by atoms with Crippen LogP contribution in [0.2, 0.25) is 0 Å². The Morgan fingerprint density at radius 2 is 1.88 bits per heavy atom. The van der Waals surface area contributed by atoms with Crippen molar-refractivity contribution in [2.24, 2.45) is 5.92 Å². The van der Waals surface area contributed by atoms with Gasteiger partial charge in [0.25, 0.3) is 0 Å². The molecule has 1 spiro atoms. The highest BCUT2D eigenvalue weighted by molar-refractivity contribution is 7.99. The highest BCUT2D eigenvalue weighted by atomic mass is 32.2. The van der Waals surface area contributed by atoms with Crippen LogP contribution < -0.4 is 9.04 Å². The van der Waals surface area contributed by atoms with E-state index in [9.17, 15) is 22.2 Å². The van der Waals surface area contributed by atoms with Gasteiger partial charge in [0.15, 0.2) is 11.0 Å². The summed E-state index contributed by atoms with van der Waals surface area (Å²) in [6.07, 6.45) is -1.02. The van der Waals surface area contributed by atoms with Crippen LogP contribution in [0.4, 0.5) is 18.9 Å². The molecule has 0 N–H and O–H groups in total. The summed E-state index contributed by atoms with van der Waals surface area (Å²) in [7, 11) is -0.413. The van der Waals surface area contributed by atoms with Gasteiger partial charge < -0.3 is 9.47 Å². The van der Waals surface area contributed by atoms with Crippen LogP contribution in [0.3, 0.4) is 0 Å². The lowest BCUT2D eigenvalue weighted by Gasteiger charge is -2.41. The number of rotatable bonds is 5. The second kappa shape index (κ2) is 8.78. The Bertz CT molecular complexity index is 1130. The number of hydrogen-bond acceptors (Lipinski definition) is 5. The third-order valence-electron chi connectivity index (χ3n) is 6.88. The Labute approximate surface area is 202 Å². The van der Waals surface area contributed by atoms with Crippen LogP contribution in [0.15, 0.2) is 47.4 Å². The summed E-state index contributed by atoms with van der Waals surface area (Å²) < 4.78 is 63.2. The number of benzene rings is 2. The van der Waals surface area contributed by atoms with Crippen LogP contribution in [0.1, 0.15) is 41.6 Å². The summed E-state index contributed by atoms with van der Waals surface area (Å²) in [5.41, 5.74) is 1.95. The number of nitrogens with zero attached hydrogens (tertiary/aromatic N) is 1. The quantitative estimate of drug-likeness (QED) is 0.499. The molecule has 0 bridgehead atoms. The van der Waals surface area contributed by atoms with Crippen molar-refractivity contribution in [1.29, 1.82) is 0 Å². The van der Waals surface area contributed by atoms with Crippen LogP contribution in [0.25, 0.3) is 0 Å². The van der Waals surface area contributed by atoms with Crippen LogP contribution >= 0.6 is 11.8 Å². The Balaban J connectivity index is 1.60. The number of ether oxygens (including phenoxy) is 2. The van der Waals surface area contributed by atoms with Gasteiger partial charge in [-0.3, -0.25) is 4.31 Å². The van der Waals surface area contributed by atoms with Crippen molar-refractivity contribution in [3.05, 3.63) is 53.6 Å². The van der Waals surface area contributed by atoms with Gasteiger partial charge in [-0.05, 0) is 85.1 Å². The third kappa shape index (κ3) is 4.19. The molecule has 0 radical (unpaired) electrons. The van der Waals surface area contributed by atoms with Crippen molar-refractivity contribution in [3.63, 3.8) is 0 Å². The predicted octanol–water partition coefficient (Wildman–Crippen LogP) is 5.46. The summed E-state index contributed by atoms with van der Waals surface area (Å²) in [6.45, 7) is 0. The molecule has 1 aliphatic carbocycles. The largest absolute Gasteiger partial charge is 0.573 e. The molecule has 0 aromatic heterocycles. The van der Waals surface area contributed by atoms with E-state index in [2.05, 4.69) is 4.74 Å². The van der Waals surface area contributed by atoms with E-state index in [1.54, 1.807) is 18.2 Å². The summed E-state index contributed by atoms with van der Waals surface area (Å²) in [5.74, 6) is 1.44. The topological polar surface area (TPSA) is 55.8 Å². The molecule has 2 atom stereocenters. The molecule has 2 unspecified atom stereocenters. The van der Waals surface area contributed by atoms with Gasteiger partial charge in [0.2, 0.25) is 0 Å². The second-order valence-electron chi connectivity index (χ2n) is 8.87. The van der Waals surface area contributed by atoms with Crippen molar-refractivity contribution in [3.8, 4) is 5.75 Å². The van der Waals surface area contributed by atoms with Gasteiger partial charge in [-0.1, -0.05) is 6.07 Å². The molecule has 34 heavy (non-hydrogen) atoms. The molecule has 2 heterocycles. The number of thioether (sulfide) groups is 1. The van der Waals surface area contributed by atoms with Gasteiger partial charge in [-0.2, -0.15) is 11.8 Å². The molecule has 1 saturated carbocycles. The Kier molecular flexibility index (Phi) is 6.08. The van der Waals surface area contributed by atoms with E-state index in [1.165, 1.54) is 25.3 Å². The Hall–Kier alpha value is -2.20. The summed E-state index contributed by atoms with van der Waals surface area (Å²) in [6, 6.07) is 10.7. The van der Waals surface area contributed by atoms with Crippen LogP contribution in [0, 0.1) is 5.92 Å². The molecular weight excluding hydrogens is 487 g/mol. The average molecular weight is 512 g/mol. The minimum absolute atomic E-state index is 0.0516.